The van der Waals surface area contributed by atoms with Gasteiger partial charge in [0.1, 0.15) is 0 Å². The van der Waals surface area contributed by atoms with Gasteiger partial charge in [0, 0.05) is 10.6 Å². The molecule has 0 atom stereocenters. The Labute approximate surface area is 133 Å². The van der Waals surface area contributed by atoms with E-state index in [-0.39, 0.29) is 5.91 Å². The van der Waals surface area contributed by atoms with Crippen molar-refractivity contribution in [3.63, 3.8) is 0 Å². The normalized spacial score (nSPS) is 13.3. The second-order valence-electron chi connectivity index (χ2n) is 5.29. The SMILES string of the molecule is COC(=O)c1cccc(NC(=O)c2cc3c(s2)CCCC3)c1. The number of esters is 1. The maximum absolute atomic E-state index is 12.4. The first kappa shape index (κ1) is 14.8. The molecular weight excluding hydrogens is 298 g/mol. The van der Waals surface area contributed by atoms with Crippen LogP contribution in [0.5, 0.6) is 0 Å². The number of aryl methyl sites for hydroxylation is 2. The van der Waals surface area contributed by atoms with E-state index in [0.29, 0.717) is 11.3 Å². The van der Waals surface area contributed by atoms with E-state index in [1.54, 1.807) is 35.6 Å². The molecule has 3 rings (SSSR count). The Balaban J connectivity index is 1.76. The predicted octanol–water partition coefficient (Wildman–Crippen LogP) is 3.67. The molecule has 0 unspecified atom stereocenters. The number of methoxy groups -OCH3 is 1. The van der Waals surface area contributed by atoms with E-state index < -0.39 is 5.97 Å². The van der Waals surface area contributed by atoms with Crippen molar-refractivity contribution < 1.29 is 14.3 Å². The Morgan fingerprint density at radius 3 is 2.77 bits per heavy atom. The minimum Gasteiger partial charge on any atom is -0.465 e. The van der Waals surface area contributed by atoms with Gasteiger partial charge in [-0.3, -0.25) is 4.79 Å². The molecule has 0 fully saturated rings. The standard InChI is InChI=1S/C17H17NO3S/c1-21-17(20)12-6-4-7-13(9-12)18-16(19)15-10-11-5-2-3-8-14(11)22-15/h4,6-7,9-10H,2-3,5,8H2,1H3,(H,18,19). The lowest BCUT2D eigenvalue weighted by molar-refractivity contribution is 0.0600. The van der Waals surface area contributed by atoms with Crippen molar-refractivity contribution in [3.8, 4) is 0 Å². The maximum atomic E-state index is 12.4. The summed E-state index contributed by atoms with van der Waals surface area (Å²) in [4.78, 5) is 26.0. The number of benzene rings is 1. The van der Waals surface area contributed by atoms with Gasteiger partial charge >= 0.3 is 5.97 Å². The van der Waals surface area contributed by atoms with Gasteiger partial charge in [0.2, 0.25) is 0 Å². The topological polar surface area (TPSA) is 55.4 Å². The summed E-state index contributed by atoms with van der Waals surface area (Å²) in [5, 5.41) is 2.85. The lowest BCUT2D eigenvalue weighted by Crippen LogP contribution is -2.11. The lowest BCUT2D eigenvalue weighted by atomic mass is 9.99. The molecule has 22 heavy (non-hydrogen) atoms. The van der Waals surface area contributed by atoms with Crippen LogP contribution in [-0.4, -0.2) is 19.0 Å². The van der Waals surface area contributed by atoms with Crippen molar-refractivity contribution in [1.29, 1.82) is 0 Å². The number of nitrogens with one attached hydrogen (secondary N) is 1. The van der Waals surface area contributed by atoms with Crippen molar-refractivity contribution in [3.05, 3.63) is 51.2 Å². The average molecular weight is 315 g/mol. The summed E-state index contributed by atoms with van der Waals surface area (Å²) in [6.45, 7) is 0. The van der Waals surface area contributed by atoms with Crippen LogP contribution in [0.25, 0.3) is 0 Å². The molecule has 5 heteroatoms. The van der Waals surface area contributed by atoms with Crippen molar-refractivity contribution in [2.24, 2.45) is 0 Å². The summed E-state index contributed by atoms with van der Waals surface area (Å²) >= 11 is 1.57. The third-order valence-corrected chi connectivity index (χ3v) is 5.00. The highest BCUT2D eigenvalue weighted by Gasteiger charge is 2.17. The van der Waals surface area contributed by atoms with E-state index >= 15 is 0 Å². The van der Waals surface area contributed by atoms with Crippen LogP contribution in [-0.2, 0) is 17.6 Å². The van der Waals surface area contributed by atoms with E-state index in [4.69, 9.17) is 0 Å². The van der Waals surface area contributed by atoms with Gasteiger partial charge in [-0.2, -0.15) is 0 Å². The number of thiophene rings is 1. The number of amides is 1. The summed E-state index contributed by atoms with van der Waals surface area (Å²) < 4.78 is 4.69. The zero-order valence-corrected chi connectivity index (χ0v) is 13.2. The number of ether oxygens (including phenoxy) is 1. The maximum Gasteiger partial charge on any atom is 0.337 e. The molecule has 4 nitrogen and oxygen atoms in total. The van der Waals surface area contributed by atoms with Gasteiger partial charge in [0.05, 0.1) is 17.6 Å². The lowest BCUT2D eigenvalue weighted by Gasteiger charge is -2.08. The predicted molar refractivity (Wildman–Crippen MR) is 86.7 cm³/mol. The molecule has 0 aliphatic heterocycles. The first-order chi connectivity index (χ1) is 10.7. The molecule has 1 aromatic carbocycles. The van der Waals surface area contributed by atoms with Crippen molar-refractivity contribution >= 4 is 28.9 Å². The first-order valence-corrected chi connectivity index (χ1v) is 8.10. The molecule has 0 radical (unpaired) electrons. The minimum atomic E-state index is -0.414. The number of carbonyl (C=O) groups is 2. The highest BCUT2D eigenvalue weighted by atomic mass is 32.1. The Bertz CT molecular complexity index is 697. The van der Waals surface area contributed by atoms with Crippen LogP contribution in [0.4, 0.5) is 5.69 Å². The highest BCUT2D eigenvalue weighted by Crippen LogP contribution is 2.30. The summed E-state index contributed by atoms with van der Waals surface area (Å²) in [6, 6.07) is 8.76. The second kappa shape index (κ2) is 6.32. The Morgan fingerprint density at radius 2 is 2.00 bits per heavy atom. The quantitative estimate of drug-likeness (QED) is 0.879. The van der Waals surface area contributed by atoms with Crippen molar-refractivity contribution in [1.82, 2.24) is 0 Å². The van der Waals surface area contributed by atoms with Gasteiger partial charge in [0.25, 0.3) is 5.91 Å². The van der Waals surface area contributed by atoms with Gasteiger partial charge in [-0.1, -0.05) is 6.07 Å². The summed E-state index contributed by atoms with van der Waals surface area (Å²) in [5.74, 6) is -0.538. The molecule has 2 aromatic rings. The summed E-state index contributed by atoms with van der Waals surface area (Å²) in [6.07, 6.45) is 4.55. The Hall–Kier alpha value is -2.14. The Morgan fingerprint density at radius 1 is 1.18 bits per heavy atom. The van der Waals surface area contributed by atoms with Crippen molar-refractivity contribution in [2.75, 3.05) is 12.4 Å². The van der Waals surface area contributed by atoms with Gasteiger partial charge in [-0.15, -0.1) is 11.3 Å². The van der Waals surface area contributed by atoms with Gasteiger partial charge in [0.15, 0.2) is 0 Å². The van der Waals surface area contributed by atoms with E-state index in [9.17, 15) is 9.59 Å². The van der Waals surface area contributed by atoms with Crippen LogP contribution in [0.15, 0.2) is 30.3 Å². The van der Waals surface area contributed by atoms with E-state index in [0.717, 1.165) is 17.7 Å². The number of anilines is 1. The smallest absolute Gasteiger partial charge is 0.337 e. The van der Waals surface area contributed by atoms with Gasteiger partial charge < -0.3 is 10.1 Å². The molecule has 0 bridgehead atoms. The largest absolute Gasteiger partial charge is 0.465 e. The average Bonchev–Trinajstić information content (AvgIpc) is 2.98. The molecule has 0 spiro atoms. The molecule has 0 saturated carbocycles. The van der Waals surface area contributed by atoms with Gasteiger partial charge in [-0.05, 0) is 55.5 Å². The summed E-state index contributed by atoms with van der Waals surface area (Å²) in [7, 11) is 1.34. The molecule has 114 valence electrons. The third kappa shape index (κ3) is 3.04. The summed E-state index contributed by atoms with van der Waals surface area (Å²) in [5.41, 5.74) is 2.33. The molecule has 0 saturated heterocycles. The fourth-order valence-corrected chi connectivity index (χ4v) is 3.79. The van der Waals surface area contributed by atoms with Crippen LogP contribution < -0.4 is 5.32 Å². The van der Waals surface area contributed by atoms with Gasteiger partial charge in [-0.25, -0.2) is 4.79 Å². The molecular formula is C17H17NO3S. The highest BCUT2D eigenvalue weighted by molar-refractivity contribution is 7.14. The number of rotatable bonds is 3. The number of fused-ring (bicyclic) bond motifs is 1. The van der Waals surface area contributed by atoms with E-state index in [1.807, 2.05) is 6.07 Å². The van der Waals surface area contributed by atoms with Crippen LogP contribution >= 0.6 is 11.3 Å². The van der Waals surface area contributed by atoms with Crippen LogP contribution in [0.3, 0.4) is 0 Å². The van der Waals surface area contributed by atoms with E-state index in [1.165, 1.54) is 30.4 Å². The third-order valence-electron chi connectivity index (χ3n) is 3.76. The molecule has 1 amide bonds. The molecule has 1 N–H and O–H groups in total. The molecule has 1 aliphatic carbocycles. The number of hydrogen-bond donors (Lipinski definition) is 1. The molecule has 1 aromatic heterocycles. The second-order valence-corrected chi connectivity index (χ2v) is 6.43. The molecule has 1 aliphatic rings. The Kier molecular flexibility index (Phi) is 4.24. The number of carbonyl (C=O) groups excluding carboxylic acids is 2. The van der Waals surface area contributed by atoms with E-state index in [2.05, 4.69) is 10.1 Å². The van der Waals surface area contributed by atoms with Crippen LogP contribution in [0.2, 0.25) is 0 Å². The van der Waals surface area contributed by atoms with Crippen LogP contribution in [0.1, 0.15) is 43.3 Å². The first-order valence-electron chi connectivity index (χ1n) is 7.28. The molecule has 1 heterocycles. The van der Waals surface area contributed by atoms with Crippen molar-refractivity contribution in [2.45, 2.75) is 25.7 Å². The zero-order valence-electron chi connectivity index (χ0n) is 12.3. The van der Waals surface area contributed by atoms with Crippen LogP contribution in [0, 0.1) is 0 Å². The fourth-order valence-electron chi connectivity index (χ4n) is 2.64. The zero-order chi connectivity index (χ0) is 15.5. The fraction of sp³-hybridized carbons (Fsp3) is 0.294. The number of hydrogen-bond acceptors (Lipinski definition) is 4. The monoisotopic (exact) mass is 315 g/mol. The minimum absolute atomic E-state index is 0.124.